The number of carbonyl (C=O) groups is 1. The average molecular weight is 504 g/mol. The fraction of sp³-hybridized carbons (Fsp3) is 0.107. The summed E-state index contributed by atoms with van der Waals surface area (Å²) in [7, 11) is 0. The zero-order valence-corrected chi connectivity index (χ0v) is 20.8. The molecule has 6 heteroatoms. The zero-order valence-electron chi connectivity index (χ0n) is 18.4. The lowest BCUT2D eigenvalue weighted by Gasteiger charge is -2.22. The molecular formula is C28H22ClNO2S2. The number of anilines is 1. The van der Waals surface area contributed by atoms with Crippen LogP contribution in [0.3, 0.4) is 0 Å². The van der Waals surface area contributed by atoms with Gasteiger partial charge in [0, 0.05) is 20.9 Å². The number of rotatable bonds is 7. The van der Waals surface area contributed by atoms with Crippen molar-refractivity contribution in [3.05, 3.63) is 116 Å². The third-order valence-electron chi connectivity index (χ3n) is 5.83. The van der Waals surface area contributed by atoms with E-state index in [4.69, 9.17) is 11.6 Å². The van der Waals surface area contributed by atoms with Gasteiger partial charge in [0.15, 0.2) is 5.78 Å². The molecule has 0 saturated carbocycles. The van der Waals surface area contributed by atoms with Crippen LogP contribution in [-0.2, 0) is 6.42 Å². The molecule has 0 amide bonds. The Morgan fingerprint density at radius 1 is 1.00 bits per heavy atom. The molecule has 34 heavy (non-hydrogen) atoms. The Morgan fingerprint density at radius 3 is 2.56 bits per heavy atom. The van der Waals surface area contributed by atoms with Crippen molar-refractivity contribution in [2.75, 3.05) is 5.32 Å². The minimum atomic E-state index is -0.327. The molecule has 0 spiro atoms. The number of aromatic hydroxyl groups is 1. The van der Waals surface area contributed by atoms with Gasteiger partial charge in [0.2, 0.25) is 0 Å². The van der Waals surface area contributed by atoms with Gasteiger partial charge in [-0.05, 0) is 52.9 Å². The number of phenols is 1. The van der Waals surface area contributed by atoms with Crippen molar-refractivity contribution in [3.63, 3.8) is 0 Å². The van der Waals surface area contributed by atoms with E-state index < -0.39 is 0 Å². The van der Waals surface area contributed by atoms with Gasteiger partial charge in [-0.25, -0.2) is 0 Å². The van der Waals surface area contributed by atoms with Gasteiger partial charge in [0.05, 0.1) is 16.6 Å². The molecule has 0 bridgehead atoms. The summed E-state index contributed by atoms with van der Waals surface area (Å²) < 4.78 is 0. The van der Waals surface area contributed by atoms with Crippen LogP contribution in [0.25, 0.3) is 10.8 Å². The summed E-state index contributed by atoms with van der Waals surface area (Å²) in [5, 5.41) is 19.9. The van der Waals surface area contributed by atoms with Gasteiger partial charge >= 0.3 is 0 Å². The van der Waals surface area contributed by atoms with E-state index in [9.17, 15) is 9.90 Å². The lowest BCUT2D eigenvalue weighted by atomic mass is 9.96. The number of benzene rings is 3. The first-order chi connectivity index (χ1) is 16.6. The molecule has 5 rings (SSSR count). The van der Waals surface area contributed by atoms with Crippen molar-refractivity contribution in [1.29, 1.82) is 0 Å². The summed E-state index contributed by atoms with van der Waals surface area (Å²) in [6.07, 6.45) is 0.818. The summed E-state index contributed by atoms with van der Waals surface area (Å²) in [5.74, 6) is 0.104. The molecule has 0 aliphatic carbocycles. The molecule has 3 nitrogen and oxygen atoms in total. The smallest absolute Gasteiger partial charge is 0.197 e. The SMILES string of the molecule is CCc1cc(C(=O)c2ccccc2Cl)c(NC(c2cccs2)c2c(O)ccc3ccccc23)s1. The van der Waals surface area contributed by atoms with E-state index in [1.54, 1.807) is 40.9 Å². The summed E-state index contributed by atoms with van der Waals surface area (Å²) in [4.78, 5) is 15.7. The van der Waals surface area contributed by atoms with E-state index in [1.165, 1.54) is 0 Å². The molecule has 0 fully saturated rings. The van der Waals surface area contributed by atoms with Crippen LogP contribution in [0.15, 0.2) is 84.2 Å². The standard InChI is InChI=1S/C28H22ClNO2S2/c1-2-18-16-21(27(32)20-10-5-6-11-22(20)29)28(34-18)30-26(24-12-7-15-33-24)25-19-9-4-3-8-17(19)13-14-23(25)31/h3-16,26,30-31H,2H2,1H3. The first-order valence-corrected chi connectivity index (χ1v) is 13.1. The number of ketones is 1. The van der Waals surface area contributed by atoms with Crippen LogP contribution < -0.4 is 5.32 Å². The van der Waals surface area contributed by atoms with Crippen molar-refractivity contribution in [1.82, 2.24) is 0 Å². The molecule has 2 heterocycles. The van der Waals surface area contributed by atoms with Gasteiger partial charge in [0.1, 0.15) is 10.8 Å². The highest BCUT2D eigenvalue weighted by molar-refractivity contribution is 7.16. The molecule has 0 aliphatic rings. The number of hydrogen-bond donors (Lipinski definition) is 2. The topological polar surface area (TPSA) is 49.3 Å². The average Bonchev–Trinajstić information content (AvgIpc) is 3.53. The molecule has 2 N–H and O–H groups in total. The van der Waals surface area contributed by atoms with E-state index in [-0.39, 0.29) is 17.6 Å². The van der Waals surface area contributed by atoms with Gasteiger partial charge in [-0.15, -0.1) is 22.7 Å². The molecule has 5 aromatic rings. The molecule has 0 saturated heterocycles. The maximum Gasteiger partial charge on any atom is 0.197 e. The van der Waals surface area contributed by atoms with Crippen LogP contribution in [0.4, 0.5) is 5.00 Å². The minimum Gasteiger partial charge on any atom is -0.508 e. The predicted octanol–water partition coefficient (Wildman–Crippen LogP) is 8.32. The van der Waals surface area contributed by atoms with Crippen LogP contribution in [0.5, 0.6) is 5.75 Å². The van der Waals surface area contributed by atoms with Gasteiger partial charge in [-0.3, -0.25) is 4.79 Å². The number of fused-ring (bicyclic) bond motifs is 1. The van der Waals surface area contributed by atoms with Crippen molar-refractivity contribution in [2.45, 2.75) is 19.4 Å². The fourth-order valence-corrected chi connectivity index (χ4v) is 6.17. The lowest BCUT2D eigenvalue weighted by molar-refractivity contribution is 0.104. The quantitative estimate of drug-likeness (QED) is 0.219. The van der Waals surface area contributed by atoms with E-state index in [0.29, 0.717) is 16.1 Å². The summed E-state index contributed by atoms with van der Waals surface area (Å²) in [6, 6.07) is 24.5. The second-order valence-electron chi connectivity index (χ2n) is 7.93. The number of hydrogen-bond acceptors (Lipinski definition) is 5. The Morgan fingerprint density at radius 2 is 1.79 bits per heavy atom. The third kappa shape index (κ3) is 4.23. The van der Waals surface area contributed by atoms with Crippen molar-refractivity contribution < 1.29 is 9.90 Å². The highest BCUT2D eigenvalue weighted by Gasteiger charge is 2.26. The van der Waals surface area contributed by atoms with Crippen molar-refractivity contribution in [2.24, 2.45) is 0 Å². The molecule has 2 aromatic heterocycles. The highest BCUT2D eigenvalue weighted by atomic mass is 35.5. The second-order valence-corrected chi connectivity index (χ2v) is 10.5. The van der Waals surface area contributed by atoms with Gasteiger partial charge in [0.25, 0.3) is 0 Å². The largest absolute Gasteiger partial charge is 0.508 e. The van der Waals surface area contributed by atoms with Crippen LogP contribution >= 0.6 is 34.3 Å². The Hall–Kier alpha value is -3.12. The fourth-order valence-electron chi connectivity index (χ4n) is 4.14. The molecule has 170 valence electrons. The van der Waals surface area contributed by atoms with Crippen LogP contribution in [0.2, 0.25) is 5.02 Å². The normalized spacial score (nSPS) is 12.1. The zero-order chi connectivity index (χ0) is 23.7. The monoisotopic (exact) mass is 503 g/mol. The second kappa shape index (κ2) is 9.63. The summed E-state index contributed by atoms with van der Waals surface area (Å²) in [5.41, 5.74) is 1.87. The van der Waals surface area contributed by atoms with E-state index in [0.717, 1.165) is 37.5 Å². The Kier molecular flexibility index (Phi) is 6.42. The molecule has 0 radical (unpaired) electrons. The molecule has 1 unspecified atom stereocenters. The highest BCUT2D eigenvalue weighted by Crippen LogP contribution is 2.42. The van der Waals surface area contributed by atoms with E-state index in [1.807, 2.05) is 66.0 Å². The number of thiophene rings is 2. The Balaban J connectivity index is 1.65. The van der Waals surface area contributed by atoms with Gasteiger partial charge in [-0.1, -0.05) is 67.1 Å². The molecule has 3 aromatic carbocycles. The molecule has 0 aliphatic heterocycles. The number of halogens is 1. The van der Waals surface area contributed by atoms with Gasteiger partial charge in [-0.2, -0.15) is 0 Å². The van der Waals surface area contributed by atoms with Crippen molar-refractivity contribution >= 4 is 55.8 Å². The first kappa shape index (κ1) is 22.7. The third-order valence-corrected chi connectivity index (χ3v) is 8.31. The van der Waals surface area contributed by atoms with Gasteiger partial charge < -0.3 is 10.4 Å². The minimum absolute atomic E-state index is 0.115. The van der Waals surface area contributed by atoms with Crippen LogP contribution in [-0.4, -0.2) is 10.9 Å². The summed E-state index contributed by atoms with van der Waals surface area (Å²) >= 11 is 9.54. The number of aryl methyl sites for hydroxylation is 1. The van der Waals surface area contributed by atoms with Crippen LogP contribution in [0, 0.1) is 0 Å². The predicted molar refractivity (Wildman–Crippen MR) is 144 cm³/mol. The molecular weight excluding hydrogens is 482 g/mol. The first-order valence-electron chi connectivity index (χ1n) is 11.0. The van der Waals surface area contributed by atoms with E-state index >= 15 is 0 Å². The maximum atomic E-state index is 13.5. The molecule has 1 atom stereocenters. The maximum absolute atomic E-state index is 13.5. The van der Waals surface area contributed by atoms with E-state index in [2.05, 4.69) is 12.2 Å². The number of carbonyl (C=O) groups excluding carboxylic acids is 1. The Bertz CT molecular complexity index is 1470. The summed E-state index contributed by atoms with van der Waals surface area (Å²) in [6.45, 7) is 2.08. The number of phenolic OH excluding ortho intramolecular Hbond substituents is 1. The van der Waals surface area contributed by atoms with Crippen molar-refractivity contribution in [3.8, 4) is 5.75 Å². The lowest BCUT2D eigenvalue weighted by Crippen LogP contribution is -2.13. The van der Waals surface area contributed by atoms with Crippen LogP contribution in [0.1, 0.15) is 44.2 Å². The Labute approximate surface area is 211 Å². The number of nitrogens with one attached hydrogen (secondary N) is 1.